The second-order valence-corrected chi connectivity index (χ2v) is 3.88. The highest BCUT2D eigenvalue weighted by atomic mass is 16.2. The fraction of sp³-hybridized carbons (Fsp3) is 0.0714. The van der Waals surface area contributed by atoms with Crippen molar-refractivity contribution in [1.82, 2.24) is 4.90 Å². The Labute approximate surface area is 94.2 Å². The number of carbonyl (C=O) groups is 1. The predicted octanol–water partition coefficient (Wildman–Crippen LogP) is 2.67. The van der Waals surface area contributed by atoms with E-state index in [1.54, 1.807) is 11.0 Å². The van der Waals surface area contributed by atoms with E-state index in [1.165, 1.54) is 5.56 Å². The SMILES string of the molecule is O=C1C=Cc2ccccc2C2C=CC=CN12. The van der Waals surface area contributed by atoms with Crippen LogP contribution < -0.4 is 0 Å². The molecular weight excluding hydrogens is 198 g/mol. The first-order chi connectivity index (χ1) is 7.86. The normalized spacial score (nSPS) is 21.6. The van der Waals surface area contributed by atoms with Gasteiger partial charge in [0.2, 0.25) is 0 Å². The summed E-state index contributed by atoms with van der Waals surface area (Å²) in [6.07, 6.45) is 11.3. The lowest BCUT2D eigenvalue weighted by Crippen LogP contribution is -2.28. The summed E-state index contributed by atoms with van der Waals surface area (Å²) in [5.74, 6) is 0.0294. The number of benzene rings is 1. The predicted molar refractivity (Wildman–Crippen MR) is 63.3 cm³/mol. The molecule has 2 aliphatic heterocycles. The van der Waals surface area contributed by atoms with Crippen molar-refractivity contribution in [3.8, 4) is 0 Å². The molecule has 0 aromatic heterocycles. The average molecular weight is 209 g/mol. The number of amides is 1. The third-order valence-corrected chi connectivity index (χ3v) is 2.93. The van der Waals surface area contributed by atoms with Crippen molar-refractivity contribution in [3.05, 3.63) is 65.9 Å². The van der Waals surface area contributed by atoms with Gasteiger partial charge < -0.3 is 4.90 Å². The van der Waals surface area contributed by atoms with Gasteiger partial charge in [0.05, 0.1) is 6.04 Å². The Morgan fingerprint density at radius 3 is 2.88 bits per heavy atom. The van der Waals surface area contributed by atoms with Crippen molar-refractivity contribution in [2.45, 2.75) is 6.04 Å². The van der Waals surface area contributed by atoms with E-state index in [2.05, 4.69) is 6.07 Å². The first-order valence-corrected chi connectivity index (χ1v) is 5.30. The highest BCUT2D eigenvalue weighted by Gasteiger charge is 2.24. The van der Waals surface area contributed by atoms with Crippen LogP contribution in [0.25, 0.3) is 6.08 Å². The van der Waals surface area contributed by atoms with E-state index in [9.17, 15) is 4.79 Å². The van der Waals surface area contributed by atoms with Crippen LogP contribution in [0.2, 0.25) is 0 Å². The van der Waals surface area contributed by atoms with Crippen molar-refractivity contribution >= 4 is 12.0 Å². The summed E-state index contributed by atoms with van der Waals surface area (Å²) in [5.41, 5.74) is 2.29. The van der Waals surface area contributed by atoms with Crippen LogP contribution in [0.15, 0.2) is 54.8 Å². The minimum absolute atomic E-state index is 0.0294. The Balaban J connectivity index is 2.19. The van der Waals surface area contributed by atoms with E-state index < -0.39 is 0 Å². The van der Waals surface area contributed by atoms with E-state index in [0.29, 0.717) is 0 Å². The first-order valence-electron chi connectivity index (χ1n) is 5.30. The molecule has 2 heteroatoms. The largest absolute Gasteiger partial charge is 0.304 e. The maximum Gasteiger partial charge on any atom is 0.251 e. The highest BCUT2D eigenvalue weighted by Crippen LogP contribution is 2.31. The van der Waals surface area contributed by atoms with Crippen molar-refractivity contribution in [2.75, 3.05) is 0 Å². The Morgan fingerprint density at radius 1 is 1.06 bits per heavy atom. The van der Waals surface area contributed by atoms with Crippen molar-refractivity contribution in [3.63, 3.8) is 0 Å². The monoisotopic (exact) mass is 209 g/mol. The van der Waals surface area contributed by atoms with Gasteiger partial charge >= 0.3 is 0 Å². The quantitative estimate of drug-likeness (QED) is 0.643. The molecule has 0 aliphatic carbocycles. The molecule has 16 heavy (non-hydrogen) atoms. The third-order valence-electron chi connectivity index (χ3n) is 2.93. The van der Waals surface area contributed by atoms with Gasteiger partial charge in [-0.15, -0.1) is 0 Å². The maximum atomic E-state index is 11.9. The fourth-order valence-electron chi connectivity index (χ4n) is 2.14. The van der Waals surface area contributed by atoms with Gasteiger partial charge in [0, 0.05) is 12.3 Å². The molecule has 0 fully saturated rings. The number of hydrogen-bond acceptors (Lipinski definition) is 1. The fourth-order valence-corrected chi connectivity index (χ4v) is 2.14. The molecule has 1 unspecified atom stereocenters. The molecule has 2 aliphatic rings. The number of allylic oxidation sites excluding steroid dienone is 2. The minimum Gasteiger partial charge on any atom is -0.304 e. The van der Waals surface area contributed by atoms with Crippen LogP contribution >= 0.6 is 0 Å². The first kappa shape index (κ1) is 9.16. The molecule has 3 rings (SSSR count). The zero-order chi connectivity index (χ0) is 11.0. The molecule has 0 bridgehead atoms. The number of hydrogen-bond donors (Lipinski definition) is 0. The summed E-state index contributed by atoms with van der Waals surface area (Å²) in [6, 6.07) is 8.14. The van der Waals surface area contributed by atoms with Gasteiger partial charge in [-0.3, -0.25) is 4.79 Å². The van der Waals surface area contributed by atoms with Gasteiger partial charge in [0.25, 0.3) is 5.91 Å². The van der Waals surface area contributed by atoms with Crippen LogP contribution in [-0.2, 0) is 4.79 Å². The van der Waals surface area contributed by atoms with Crippen LogP contribution in [0.1, 0.15) is 17.2 Å². The van der Waals surface area contributed by atoms with Crippen LogP contribution in [0.5, 0.6) is 0 Å². The smallest absolute Gasteiger partial charge is 0.251 e. The molecule has 1 amide bonds. The Bertz CT molecular complexity index is 525. The molecule has 1 aromatic rings. The second kappa shape index (κ2) is 3.49. The van der Waals surface area contributed by atoms with Crippen molar-refractivity contribution < 1.29 is 4.79 Å². The third kappa shape index (κ3) is 1.31. The Kier molecular flexibility index (Phi) is 2.00. The van der Waals surface area contributed by atoms with Gasteiger partial charge in [0.1, 0.15) is 0 Å². The molecule has 1 aromatic carbocycles. The Morgan fingerprint density at radius 2 is 1.94 bits per heavy atom. The summed E-state index contributed by atoms with van der Waals surface area (Å²) >= 11 is 0. The van der Waals surface area contributed by atoms with E-state index >= 15 is 0 Å². The number of rotatable bonds is 0. The van der Waals surface area contributed by atoms with Crippen molar-refractivity contribution in [1.29, 1.82) is 0 Å². The standard InChI is InChI=1S/C14H11NO/c16-14-9-8-11-5-1-2-6-12(11)13-7-3-4-10-15(13)14/h1-10,13H. The lowest BCUT2D eigenvalue weighted by molar-refractivity contribution is -0.124. The lowest BCUT2D eigenvalue weighted by Gasteiger charge is -2.27. The molecule has 0 N–H and O–H groups in total. The molecular formula is C14H11NO. The number of fused-ring (bicyclic) bond motifs is 3. The molecule has 0 saturated heterocycles. The average Bonchev–Trinajstić information content (AvgIpc) is 2.49. The summed E-state index contributed by atoms with van der Waals surface area (Å²) in [4.78, 5) is 13.6. The zero-order valence-corrected chi connectivity index (χ0v) is 8.71. The summed E-state index contributed by atoms with van der Waals surface area (Å²) in [6.45, 7) is 0. The van der Waals surface area contributed by atoms with Crippen LogP contribution in [0, 0.1) is 0 Å². The molecule has 0 spiro atoms. The van der Waals surface area contributed by atoms with Crippen LogP contribution in [0.3, 0.4) is 0 Å². The van der Waals surface area contributed by atoms with Crippen LogP contribution in [0.4, 0.5) is 0 Å². The summed E-state index contributed by atoms with van der Waals surface area (Å²) < 4.78 is 0. The zero-order valence-electron chi connectivity index (χ0n) is 8.71. The highest BCUT2D eigenvalue weighted by molar-refractivity contribution is 5.94. The van der Waals surface area contributed by atoms with E-state index in [-0.39, 0.29) is 11.9 Å². The topological polar surface area (TPSA) is 20.3 Å². The van der Waals surface area contributed by atoms with E-state index in [0.717, 1.165) is 5.56 Å². The molecule has 0 saturated carbocycles. The maximum absolute atomic E-state index is 11.9. The van der Waals surface area contributed by atoms with Gasteiger partial charge in [0.15, 0.2) is 0 Å². The lowest BCUT2D eigenvalue weighted by atomic mass is 9.99. The van der Waals surface area contributed by atoms with E-state index in [1.807, 2.05) is 48.7 Å². The van der Waals surface area contributed by atoms with Gasteiger partial charge in [-0.2, -0.15) is 0 Å². The molecule has 2 heterocycles. The minimum atomic E-state index is 0.0294. The van der Waals surface area contributed by atoms with Gasteiger partial charge in [-0.05, 0) is 23.3 Å². The van der Waals surface area contributed by atoms with Crippen molar-refractivity contribution in [2.24, 2.45) is 0 Å². The molecule has 1 atom stereocenters. The Hall–Kier alpha value is -2.09. The van der Waals surface area contributed by atoms with E-state index in [4.69, 9.17) is 0 Å². The van der Waals surface area contributed by atoms with Gasteiger partial charge in [-0.25, -0.2) is 0 Å². The second-order valence-electron chi connectivity index (χ2n) is 3.88. The summed E-state index contributed by atoms with van der Waals surface area (Å²) in [5, 5.41) is 0. The number of nitrogens with zero attached hydrogens (tertiary/aromatic N) is 1. The van der Waals surface area contributed by atoms with Crippen LogP contribution in [-0.4, -0.2) is 10.8 Å². The summed E-state index contributed by atoms with van der Waals surface area (Å²) in [7, 11) is 0. The number of carbonyl (C=O) groups excluding carboxylic acids is 1. The van der Waals surface area contributed by atoms with Gasteiger partial charge in [-0.1, -0.05) is 36.4 Å². The molecule has 2 nitrogen and oxygen atoms in total. The molecule has 0 radical (unpaired) electrons. The molecule has 78 valence electrons.